The SMILES string of the molecule is CCCNc1[nH]c(=O)c(F)cc1F. The number of nitrogens with one attached hydrogen (secondary N) is 2. The molecule has 0 aliphatic rings. The highest BCUT2D eigenvalue weighted by molar-refractivity contribution is 5.35. The maximum Gasteiger partial charge on any atom is 0.285 e. The van der Waals surface area contributed by atoms with E-state index in [4.69, 9.17) is 0 Å². The third-order valence-electron chi connectivity index (χ3n) is 1.50. The first-order valence-corrected chi connectivity index (χ1v) is 3.97. The second kappa shape index (κ2) is 4.02. The zero-order valence-electron chi connectivity index (χ0n) is 7.16. The Morgan fingerprint density at radius 3 is 2.77 bits per heavy atom. The molecule has 0 atom stereocenters. The molecule has 0 unspecified atom stereocenters. The van der Waals surface area contributed by atoms with Crippen molar-refractivity contribution < 1.29 is 8.78 Å². The van der Waals surface area contributed by atoms with Crippen molar-refractivity contribution in [3.63, 3.8) is 0 Å². The maximum absolute atomic E-state index is 12.9. The summed E-state index contributed by atoms with van der Waals surface area (Å²) in [6, 6.07) is 0.566. The van der Waals surface area contributed by atoms with Crippen LogP contribution in [0, 0.1) is 11.6 Å². The van der Waals surface area contributed by atoms with Crippen molar-refractivity contribution >= 4 is 5.82 Å². The zero-order chi connectivity index (χ0) is 9.84. The Kier molecular flexibility index (Phi) is 3.00. The van der Waals surface area contributed by atoms with Gasteiger partial charge in [-0.1, -0.05) is 6.92 Å². The van der Waals surface area contributed by atoms with Gasteiger partial charge in [-0.3, -0.25) is 4.79 Å². The van der Waals surface area contributed by atoms with Gasteiger partial charge in [0.25, 0.3) is 5.56 Å². The van der Waals surface area contributed by atoms with Crippen molar-refractivity contribution in [2.45, 2.75) is 13.3 Å². The van der Waals surface area contributed by atoms with Crippen molar-refractivity contribution in [3.05, 3.63) is 28.1 Å². The van der Waals surface area contributed by atoms with E-state index in [1.807, 2.05) is 6.92 Å². The molecular formula is C8H10F2N2O. The van der Waals surface area contributed by atoms with Gasteiger partial charge in [0.1, 0.15) is 5.82 Å². The van der Waals surface area contributed by atoms with Crippen LogP contribution in [0.25, 0.3) is 0 Å². The lowest BCUT2D eigenvalue weighted by Crippen LogP contribution is -2.15. The number of pyridine rings is 1. The maximum atomic E-state index is 12.9. The Balaban J connectivity index is 2.95. The quantitative estimate of drug-likeness (QED) is 0.754. The predicted molar refractivity (Wildman–Crippen MR) is 45.8 cm³/mol. The van der Waals surface area contributed by atoms with E-state index in [2.05, 4.69) is 10.3 Å². The van der Waals surface area contributed by atoms with Crippen LogP contribution in [0.3, 0.4) is 0 Å². The van der Waals surface area contributed by atoms with Crippen molar-refractivity contribution in [2.75, 3.05) is 11.9 Å². The van der Waals surface area contributed by atoms with Crippen LogP contribution in [-0.2, 0) is 0 Å². The number of hydrogen-bond donors (Lipinski definition) is 2. The molecule has 13 heavy (non-hydrogen) atoms. The zero-order valence-corrected chi connectivity index (χ0v) is 7.16. The molecule has 0 bridgehead atoms. The third-order valence-corrected chi connectivity index (χ3v) is 1.50. The topological polar surface area (TPSA) is 44.9 Å². The summed E-state index contributed by atoms with van der Waals surface area (Å²) in [6.45, 7) is 2.42. The first-order chi connectivity index (χ1) is 6.15. The summed E-state index contributed by atoms with van der Waals surface area (Å²) >= 11 is 0. The van der Waals surface area contributed by atoms with Crippen molar-refractivity contribution in [1.29, 1.82) is 0 Å². The number of rotatable bonds is 3. The Morgan fingerprint density at radius 1 is 1.46 bits per heavy atom. The van der Waals surface area contributed by atoms with Gasteiger partial charge in [0.05, 0.1) is 0 Å². The van der Waals surface area contributed by atoms with Gasteiger partial charge in [-0.05, 0) is 6.42 Å². The summed E-state index contributed by atoms with van der Waals surface area (Å²) in [5.41, 5.74) is -0.917. The van der Waals surface area contributed by atoms with Crippen molar-refractivity contribution in [2.24, 2.45) is 0 Å². The van der Waals surface area contributed by atoms with Gasteiger partial charge >= 0.3 is 0 Å². The minimum Gasteiger partial charge on any atom is -0.369 e. The lowest BCUT2D eigenvalue weighted by atomic mass is 10.4. The normalized spacial score (nSPS) is 10.1. The van der Waals surface area contributed by atoms with Crippen LogP contribution in [-0.4, -0.2) is 11.5 Å². The minimum absolute atomic E-state index is 0.0618. The average molecular weight is 188 g/mol. The summed E-state index contributed by atoms with van der Waals surface area (Å²) in [5.74, 6) is -1.96. The Labute approximate surface area is 73.8 Å². The standard InChI is InChI=1S/C8H10F2N2O/c1-2-3-11-7-5(9)4-6(10)8(13)12-7/h4H,2-3H2,1H3,(H2,11,12,13). The van der Waals surface area contributed by atoms with Crippen molar-refractivity contribution in [3.8, 4) is 0 Å². The van der Waals surface area contributed by atoms with E-state index in [1.165, 1.54) is 0 Å². The second-order valence-corrected chi connectivity index (χ2v) is 2.60. The van der Waals surface area contributed by atoms with E-state index in [0.717, 1.165) is 6.42 Å². The van der Waals surface area contributed by atoms with E-state index in [1.54, 1.807) is 0 Å². The number of hydrogen-bond acceptors (Lipinski definition) is 2. The smallest absolute Gasteiger partial charge is 0.285 e. The monoisotopic (exact) mass is 188 g/mol. The fraction of sp³-hybridized carbons (Fsp3) is 0.375. The van der Waals surface area contributed by atoms with Crippen LogP contribution in [0.4, 0.5) is 14.6 Å². The summed E-state index contributed by atoms with van der Waals surface area (Å²) in [6.07, 6.45) is 0.791. The van der Waals surface area contributed by atoms with Gasteiger partial charge in [0.2, 0.25) is 0 Å². The highest BCUT2D eigenvalue weighted by atomic mass is 19.1. The first kappa shape index (κ1) is 9.70. The van der Waals surface area contributed by atoms with E-state index in [0.29, 0.717) is 12.6 Å². The van der Waals surface area contributed by atoms with E-state index >= 15 is 0 Å². The molecule has 1 aromatic rings. The molecule has 0 saturated heterocycles. The average Bonchev–Trinajstić information content (AvgIpc) is 2.09. The second-order valence-electron chi connectivity index (χ2n) is 2.60. The van der Waals surface area contributed by atoms with Crippen LogP contribution < -0.4 is 10.9 Å². The highest BCUT2D eigenvalue weighted by Gasteiger charge is 2.06. The molecule has 0 aromatic carbocycles. The molecule has 72 valence electrons. The predicted octanol–water partition coefficient (Wildman–Crippen LogP) is 1.47. The minimum atomic E-state index is -1.11. The lowest BCUT2D eigenvalue weighted by Gasteiger charge is -2.04. The van der Waals surface area contributed by atoms with Crippen LogP contribution in [0.1, 0.15) is 13.3 Å². The molecule has 0 saturated carbocycles. The fourth-order valence-electron chi connectivity index (χ4n) is 0.861. The number of H-pyrrole nitrogens is 1. The number of halogens is 2. The largest absolute Gasteiger partial charge is 0.369 e. The molecule has 3 nitrogen and oxygen atoms in total. The van der Waals surface area contributed by atoms with Gasteiger partial charge in [0.15, 0.2) is 11.6 Å². The van der Waals surface area contributed by atoms with Gasteiger partial charge in [-0.2, -0.15) is 0 Å². The third kappa shape index (κ3) is 2.27. The molecular weight excluding hydrogens is 178 g/mol. The Morgan fingerprint density at radius 2 is 2.15 bits per heavy atom. The molecule has 0 aliphatic carbocycles. The first-order valence-electron chi connectivity index (χ1n) is 3.97. The van der Waals surface area contributed by atoms with Gasteiger partial charge in [0, 0.05) is 12.6 Å². The van der Waals surface area contributed by atoms with Crippen molar-refractivity contribution in [1.82, 2.24) is 4.98 Å². The molecule has 5 heteroatoms. The summed E-state index contributed by atoms with van der Waals surface area (Å²) in [5, 5.41) is 2.63. The number of anilines is 1. The summed E-state index contributed by atoms with van der Waals surface area (Å²) in [7, 11) is 0. The fourth-order valence-corrected chi connectivity index (χ4v) is 0.861. The van der Waals surface area contributed by atoms with Gasteiger partial charge < -0.3 is 10.3 Å². The Bertz CT molecular complexity index is 348. The molecule has 0 radical (unpaired) electrons. The summed E-state index contributed by atoms with van der Waals surface area (Å²) < 4.78 is 25.4. The van der Waals surface area contributed by atoms with Gasteiger partial charge in [-0.15, -0.1) is 0 Å². The van der Waals surface area contributed by atoms with E-state index in [9.17, 15) is 13.6 Å². The number of aromatic amines is 1. The van der Waals surface area contributed by atoms with Crippen LogP contribution >= 0.6 is 0 Å². The molecule has 1 heterocycles. The molecule has 0 fully saturated rings. The summed E-state index contributed by atoms with van der Waals surface area (Å²) in [4.78, 5) is 12.8. The molecule has 1 aromatic heterocycles. The van der Waals surface area contributed by atoms with Crippen LogP contribution in [0.5, 0.6) is 0 Å². The molecule has 0 spiro atoms. The van der Waals surface area contributed by atoms with E-state index < -0.39 is 17.2 Å². The van der Waals surface area contributed by atoms with Crippen LogP contribution in [0.2, 0.25) is 0 Å². The van der Waals surface area contributed by atoms with E-state index in [-0.39, 0.29) is 5.82 Å². The molecule has 0 aliphatic heterocycles. The highest BCUT2D eigenvalue weighted by Crippen LogP contribution is 2.07. The number of aromatic nitrogens is 1. The Hall–Kier alpha value is -1.39. The van der Waals surface area contributed by atoms with Crippen LogP contribution in [0.15, 0.2) is 10.9 Å². The molecule has 1 rings (SSSR count). The molecule has 0 amide bonds. The lowest BCUT2D eigenvalue weighted by molar-refractivity contribution is 0.566. The van der Waals surface area contributed by atoms with Gasteiger partial charge in [-0.25, -0.2) is 8.78 Å². The molecule has 2 N–H and O–H groups in total.